The van der Waals surface area contributed by atoms with E-state index in [0.717, 1.165) is 84.0 Å². The number of halogens is 1. The molecule has 6 saturated carbocycles. The van der Waals surface area contributed by atoms with Gasteiger partial charge in [-0.15, -0.1) is 0 Å². The molecule has 12 aliphatic rings. The third-order valence-electron chi connectivity index (χ3n) is 16.0. The summed E-state index contributed by atoms with van der Waals surface area (Å²) in [7, 11) is -49.8. The number of alkyl halides is 1. The summed E-state index contributed by atoms with van der Waals surface area (Å²) >= 11 is 0. The zero-order valence-corrected chi connectivity index (χ0v) is 60.1. The molecule has 12 unspecified atom stereocenters. The van der Waals surface area contributed by atoms with Gasteiger partial charge in [-0.05, 0) is 90.4 Å². The van der Waals surface area contributed by atoms with Crippen LogP contribution in [0.2, 0.25) is 0 Å². The smallest absolute Gasteiger partial charge is 0.263 e. The van der Waals surface area contributed by atoms with Crippen molar-refractivity contribution in [2.75, 3.05) is 20.3 Å². The minimum absolute atomic E-state index is 0.353. The molecule has 12 fully saturated rings. The fourth-order valence-corrected chi connectivity index (χ4v) is 29.5. The molecular weight excluding hydrogens is 1520 g/mol. The molecule has 6 heterocycles. The van der Waals surface area contributed by atoms with Gasteiger partial charge in [-0.2, -0.15) is 101 Å². The number of rotatable bonds is 0. The summed E-state index contributed by atoms with van der Waals surface area (Å²) in [5.41, 5.74) is 0. The fraction of sp³-hybridized carbons (Fsp3) is 1.00. The molecule has 0 spiro atoms. The van der Waals surface area contributed by atoms with Crippen molar-refractivity contribution in [2.24, 2.45) is 0 Å². The van der Waals surface area contributed by atoms with Crippen LogP contribution in [0.3, 0.4) is 0 Å². The van der Waals surface area contributed by atoms with Gasteiger partial charge in [0.15, 0.2) is 0 Å². The van der Waals surface area contributed by atoms with Crippen molar-refractivity contribution >= 4 is 121 Å². The Hall–Kier alpha value is -1.15. The van der Waals surface area contributed by atoms with Crippen molar-refractivity contribution in [3.8, 4) is 0 Å². The third-order valence-corrected chi connectivity index (χ3v) is 37.0. The van der Waals surface area contributed by atoms with Crippen LogP contribution in [0.5, 0.6) is 0 Å². The van der Waals surface area contributed by atoms with E-state index in [2.05, 4.69) is 8.37 Å². The van der Waals surface area contributed by atoms with Crippen LogP contribution in [-0.2, 0) is 172 Å². The maximum Gasteiger partial charge on any atom is 0.349 e. The summed E-state index contributed by atoms with van der Waals surface area (Å²) in [6, 6.07) is 0. The maximum atomic E-state index is 13.2. The normalized spacial score (nSPS) is 39.6. The molecule has 0 aromatic heterocycles. The third kappa shape index (κ3) is 24.0. The Morgan fingerprint density at radius 2 is 0.340 bits per heavy atom. The second-order valence-electron chi connectivity index (χ2n) is 23.8. The van der Waals surface area contributed by atoms with Crippen molar-refractivity contribution in [3.63, 3.8) is 0 Å². The van der Waals surface area contributed by atoms with Gasteiger partial charge in [0, 0.05) is 0 Å². The molecule has 12 rings (SSSR count). The van der Waals surface area contributed by atoms with Gasteiger partial charge in [-0.1, -0.05) is 83.5 Å². The van der Waals surface area contributed by atoms with Crippen molar-refractivity contribution in [3.05, 3.63) is 0 Å². The lowest BCUT2D eigenvalue weighted by Gasteiger charge is -2.26. The molecule has 552 valence electrons. The van der Waals surface area contributed by atoms with Gasteiger partial charge in [-0.3, -0.25) is 50.2 Å². The highest BCUT2D eigenvalue weighted by Gasteiger charge is 2.51. The Morgan fingerprint density at radius 3 is 0.532 bits per heavy atom. The Bertz CT molecular complexity index is 3730. The summed E-state index contributed by atoms with van der Waals surface area (Å²) in [5.74, 6) is 0. The van der Waals surface area contributed by atoms with Gasteiger partial charge in [0.1, 0.15) is 73.2 Å². The zero-order valence-electron chi connectivity index (χ0n) is 50.3. The van der Waals surface area contributed by atoms with Crippen LogP contribution in [0.1, 0.15) is 174 Å². The fourth-order valence-electron chi connectivity index (χ4n) is 11.7. The van der Waals surface area contributed by atoms with Crippen LogP contribution in [0, 0.1) is 0 Å². The van der Waals surface area contributed by atoms with E-state index in [4.69, 9.17) is 41.8 Å². The molecule has 0 bridgehead atoms. The number of fused-ring (bicyclic) bond motifs is 6. The number of hydrogen-bond acceptors (Lipinski definition) is 36. The van der Waals surface area contributed by atoms with Crippen molar-refractivity contribution < 1.29 is 156 Å². The summed E-state index contributed by atoms with van der Waals surface area (Å²) < 4.78 is 341. The highest BCUT2D eigenvalue weighted by atomic mass is 32.3. The molecular formula is C45H77FO36S12. The van der Waals surface area contributed by atoms with Crippen molar-refractivity contribution in [1.29, 1.82) is 0 Å². The first-order chi connectivity index (χ1) is 43.2. The second-order valence-corrected chi connectivity index (χ2v) is 45.6. The Balaban J connectivity index is 0.000000160. The highest BCUT2D eigenvalue weighted by Crippen LogP contribution is 2.37. The molecule has 6 saturated heterocycles. The molecule has 0 aromatic rings. The van der Waals surface area contributed by atoms with Crippen LogP contribution < -0.4 is 0 Å². The molecule has 0 aromatic carbocycles. The zero-order chi connectivity index (χ0) is 69.8. The van der Waals surface area contributed by atoms with Crippen molar-refractivity contribution in [2.45, 2.75) is 257 Å². The van der Waals surface area contributed by atoms with Crippen LogP contribution >= 0.6 is 0 Å². The minimum Gasteiger partial charge on any atom is -0.263 e. The summed E-state index contributed by atoms with van der Waals surface area (Å²) in [6.07, 6.45) is 9.49. The lowest BCUT2D eigenvalue weighted by molar-refractivity contribution is 0.0372. The van der Waals surface area contributed by atoms with E-state index in [1.54, 1.807) is 0 Å². The van der Waals surface area contributed by atoms with Crippen LogP contribution in [0.4, 0.5) is 4.39 Å². The second kappa shape index (κ2) is 31.6. The van der Waals surface area contributed by atoms with Gasteiger partial charge >= 0.3 is 25.1 Å². The molecule has 0 radical (unpaired) electrons. The lowest BCUT2D eigenvalue weighted by atomic mass is 9.95. The van der Waals surface area contributed by atoms with E-state index in [1.165, 1.54) is 0 Å². The van der Waals surface area contributed by atoms with E-state index in [9.17, 15) is 105 Å². The topological polar surface area (TPSA) is 520 Å². The largest absolute Gasteiger partial charge is 0.349 e. The summed E-state index contributed by atoms with van der Waals surface area (Å²) in [4.78, 5) is -3.15. The van der Waals surface area contributed by atoms with Gasteiger partial charge in [-0.25, -0.2) is 4.39 Å². The van der Waals surface area contributed by atoms with Gasteiger partial charge in [0.2, 0.25) is 24.9 Å². The summed E-state index contributed by atoms with van der Waals surface area (Å²) in [6.45, 7) is 1.07. The molecule has 6 aliphatic heterocycles. The molecule has 94 heavy (non-hydrogen) atoms. The van der Waals surface area contributed by atoms with E-state index in [-0.39, 0.29) is 0 Å². The molecule has 36 nitrogen and oxygen atoms in total. The standard InChI is InChI=1S/C9H16O6S2.2C8H14O6S2.C7H11FO6S2.C7H12O6S2.C6H10O6S2/c10-16(11)7-17(12,13)15-9-6-4-2-1-3-5-8(9)14-16;1-6-15(9,10)13-7-4-2-3-5-8(7)14-16(6,11)12;9-15(10)6-16(11,12)14-8-5-3-1-2-4-7(8)13-15;8-7-15(9,10)13-5-3-1-2-4-6(5)14-16(7,11)12;8-14(9)5-15(10,11)13-7-4-2-1-3-6(7)12-14;7-13(8)4-14(9,10)12-6-3-1-2-5(6)11-13/h8-9H,1-7H2;6-8H,2-5H2,1H3;7-8H,1-6H2;5-7H,1-4H2;6-7H,1-5H2;5-6H,1-4H2. The average molecular weight is 1600 g/mol. The van der Waals surface area contributed by atoms with E-state index >= 15 is 0 Å². The minimum atomic E-state index is -4.76. The molecule has 49 heteroatoms. The Kier molecular flexibility index (Phi) is 27.0. The number of hydrogen-bond donors (Lipinski definition) is 0. The van der Waals surface area contributed by atoms with E-state index < -0.39 is 224 Å². The average Bonchev–Trinajstić information content (AvgIpc) is 1.66. The maximum absolute atomic E-state index is 13.2. The first-order valence-corrected chi connectivity index (χ1v) is 48.3. The van der Waals surface area contributed by atoms with Crippen molar-refractivity contribution in [1.82, 2.24) is 0 Å². The Morgan fingerprint density at radius 1 is 0.202 bits per heavy atom. The van der Waals surface area contributed by atoms with E-state index in [1.807, 2.05) is 0 Å². The van der Waals surface area contributed by atoms with Crippen LogP contribution in [0.25, 0.3) is 0 Å². The Labute approximate surface area is 549 Å². The quantitative estimate of drug-likeness (QED) is 0.308. The van der Waals surface area contributed by atoms with Crippen LogP contribution in [0.15, 0.2) is 0 Å². The van der Waals surface area contributed by atoms with Gasteiger partial charge < -0.3 is 0 Å². The van der Waals surface area contributed by atoms with Crippen LogP contribution in [-0.4, -0.2) is 204 Å². The molecule has 12 atom stereocenters. The molecule has 0 amide bonds. The summed E-state index contributed by atoms with van der Waals surface area (Å²) in [5, 5.41) is -4.31. The molecule has 6 aliphatic carbocycles. The van der Waals surface area contributed by atoms with Gasteiger partial charge in [0.25, 0.3) is 101 Å². The monoisotopic (exact) mass is 1600 g/mol. The van der Waals surface area contributed by atoms with E-state index in [0.29, 0.717) is 89.9 Å². The lowest BCUT2D eigenvalue weighted by Crippen LogP contribution is -2.34. The highest BCUT2D eigenvalue weighted by molar-refractivity contribution is 8.06. The SMILES string of the molecule is CC1S(=O)(=O)OC2CCCCC2OS1(=O)=O.O=S1(=O)CS(=O)(=O)OC2CCCC2O1.O=S1(=O)CS(=O)(=O)OC2CCCCC2O1.O=S1(=O)CS(=O)(=O)OC2CCCCCC2O1.O=S1(=O)CS(=O)(=O)OC2CCCCCCC2O1.O=S1(=O)OC2CCCCC2OS(=O)(=O)C1F. The molecule has 0 N–H and O–H groups in total. The first-order valence-electron chi connectivity index (χ1n) is 29.8. The predicted octanol–water partition coefficient (Wildman–Crippen LogP) is 1.23. The predicted molar refractivity (Wildman–Crippen MR) is 319 cm³/mol. The van der Waals surface area contributed by atoms with Gasteiger partial charge in [0.05, 0.1) is 0 Å². The first kappa shape index (κ1) is 80.2.